The molecule has 1 aromatic rings. The maximum Gasteiger partial charge on any atom is 0.191 e. The van der Waals surface area contributed by atoms with E-state index in [0.29, 0.717) is 12.5 Å². The Bertz CT molecular complexity index is 575. The third kappa shape index (κ3) is 7.87. The normalized spacial score (nSPS) is 21.5. The Kier molecular flexibility index (Phi) is 11.4. The van der Waals surface area contributed by atoms with Gasteiger partial charge in [0.15, 0.2) is 5.96 Å². The van der Waals surface area contributed by atoms with Crippen LogP contribution < -0.4 is 10.6 Å². The maximum absolute atomic E-state index is 6.10. The van der Waals surface area contributed by atoms with Crippen molar-refractivity contribution in [1.29, 1.82) is 0 Å². The predicted octanol–water partition coefficient (Wildman–Crippen LogP) is 4.39. The molecule has 0 spiro atoms. The number of hydrogen-bond acceptors (Lipinski definition) is 3. The molecule has 0 aliphatic carbocycles. The van der Waals surface area contributed by atoms with Gasteiger partial charge >= 0.3 is 0 Å². The van der Waals surface area contributed by atoms with Gasteiger partial charge in [0, 0.05) is 32.7 Å². The second-order valence-corrected chi connectivity index (χ2v) is 8.30. The summed E-state index contributed by atoms with van der Waals surface area (Å²) in [6.45, 7) is 12.0. The van der Waals surface area contributed by atoms with Crippen molar-refractivity contribution in [2.75, 3.05) is 33.4 Å². The van der Waals surface area contributed by atoms with E-state index in [1.807, 2.05) is 18.2 Å². The van der Waals surface area contributed by atoms with Gasteiger partial charge in [-0.05, 0) is 30.7 Å². The molecule has 3 unspecified atom stereocenters. The Morgan fingerprint density at radius 2 is 1.96 bits per heavy atom. The molecule has 2 rings (SSSR count). The lowest BCUT2D eigenvalue weighted by molar-refractivity contribution is -0.0835. The van der Waals surface area contributed by atoms with Gasteiger partial charge in [0.05, 0.1) is 12.6 Å². The topological polar surface area (TPSA) is 54.9 Å². The average molecular weight is 503 g/mol. The number of rotatable bonds is 7. The van der Waals surface area contributed by atoms with Gasteiger partial charge < -0.3 is 20.1 Å². The van der Waals surface area contributed by atoms with E-state index < -0.39 is 0 Å². The summed E-state index contributed by atoms with van der Waals surface area (Å²) < 4.78 is 11.7. The van der Waals surface area contributed by atoms with Crippen molar-refractivity contribution in [2.45, 2.75) is 52.7 Å². The summed E-state index contributed by atoms with van der Waals surface area (Å²) >= 11 is 0. The lowest BCUT2D eigenvalue weighted by Gasteiger charge is -2.40. The van der Waals surface area contributed by atoms with Crippen molar-refractivity contribution >= 4 is 29.9 Å². The smallest absolute Gasteiger partial charge is 0.191 e. The molecular weight excluding hydrogens is 465 g/mol. The number of nitrogens with one attached hydrogen (secondary N) is 2. The summed E-state index contributed by atoms with van der Waals surface area (Å²) in [5.74, 6) is 1.34. The van der Waals surface area contributed by atoms with Crippen LogP contribution in [-0.4, -0.2) is 45.4 Å². The van der Waals surface area contributed by atoms with Crippen LogP contribution >= 0.6 is 24.0 Å². The quantitative estimate of drug-likeness (QED) is 0.329. The van der Waals surface area contributed by atoms with Gasteiger partial charge in [-0.2, -0.15) is 0 Å². The molecule has 0 bridgehead atoms. The molecule has 0 amide bonds. The number of benzene rings is 1. The van der Waals surface area contributed by atoms with Crippen LogP contribution in [0.3, 0.4) is 0 Å². The fraction of sp³-hybridized carbons (Fsp3) is 0.682. The average Bonchev–Trinajstić information content (AvgIpc) is 2.67. The van der Waals surface area contributed by atoms with E-state index >= 15 is 0 Å². The molecule has 1 aromatic carbocycles. The zero-order chi connectivity index (χ0) is 19.7. The summed E-state index contributed by atoms with van der Waals surface area (Å²) in [7, 11) is 1.74. The first-order valence-electron chi connectivity index (χ1n) is 10.2. The van der Waals surface area contributed by atoms with Crippen LogP contribution in [-0.2, 0) is 9.47 Å². The van der Waals surface area contributed by atoms with E-state index in [0.717, 1.165) is 37.6 Å². The molecule has 0 radical (unpaired) electrons. The number of nitrogens with zero attached hydrogens (tertiary/aromatic N) is 1. The van der Waals surface area contributed by atoms with Crippen molar-refractivity contribution < 1.29 is 9.47 Å². The van der Waals surface area contributed by atoms with Gasteiger partial charge in [0.1, 0.15) is 6.10 Å². The fourth-order valence-electron chi connectivity index (χ4n) is 3.74. The van der Waals surface area contributed by atoms with E-state index in [1.165, 1.54) is 6.42 Å². The zero-order valence-electron chi connectivity index (χ0n) is 18.0. The molecule has 0 aromatic heterocycles. The highest BCUT2D eigenvalue weighted by atomic mass is 127. The first kappa shape index (κ1) is 25.2. The molecular formula is C22H38IN3O2. The van der Waals surface area contributed by atoms with E-state index in [-0.39, 0.29) is 41.6 Å². The number of hydrogen-bond donors (Lipinski definition) is 2. The molecule has 6 heteroatoms. The van der Waals surface area contributed by atoms with Crippen molar-refractivity contribution in [1.82, 2.24) is 10.6 Å². The number of ether oxygens (including phenoxy) is 2. The summed E-state index contributed by atoms with van der Waals surface area (Å²) in [5.41, 5.74) is 1.30. The maximum atomic E-state index is 6.10. The zero-order valence-corrected chi connectivity index (χ0v) is 20.4. The van der Waals surface area contributed by atoms with E-state index in [4.69, 9.17) is 14.5 Å². The summed E-state index contributed by atoms with van der Waals surface area (Å²) in [5, 5.41) is 6.88. The van der Waals surface area contributed by atoms with Gasteiger partial charge in [-0.15, -0.1) is 24.0 Å². The molecule has 1 heterocycles. The van der Waals surface area contributed by atoms with Crippen LogP contribution in [0.2, 0.25) is 0 Å². The Hall–Kier alpha value is -0.860. The van der Waals surface area contributed by atoms with Crippen LogP contribution in [0, 0.1) is 11.3 Å². The van der Waals surface area contributed by atoms with Crippen LogP contribution in [0.25, 0.3) is 0 Å². The Morgan fingerprint density at radius 1 is 1.25 bits per heavy atom. The lowest BCUT2D eigenvalue weighted by atomic mass is 9.78. The minimum Gasteiger partial charge on any atom is -0.377 e. The van der Waals surface area contributed by atoms with E-state index in [9.17, 15) is 0 Å². The second kappa shape index (κ2) is 12.6. The summed E-state index contributed by atoms with van der Waals surface area (Å²) in [6, 6.07) is 10.2. The number of aliphatic imine (C=N–C) groups is 1. The van der Waals surface area contributed by atoms with Gasteiger partial charge in [0.2, 0.25) is 0 Å². The minimum atomic E-state index is -0.0398. The van der Waals surface area contributed by atoms with Gasteiger partial charge in [-0.25, -0.2) is 0 Å². The molecule has 1 fully saturated rings. The standard InChI is InChI=1S/C22H37N3O2.HI/c1-6-23-21(25-16-19(26-5)17-11-8-7-9-12-17)24-15-18-13-10-14-27-20(18)22(2,3)4;/h7-9,11-12,18-20H,6,10,13-16H2,1-5H3,(H2,23,24,25);1H. The molecule has 2 N–H and O–H groups in total. The van der Waals surface area contributed by atoms with Crippen molar-refractivity contribution in [3.63, 3.8) is 0 Å². The van der Waals surface area contributed by atoms with Gasteiger partial charge in [0.25, 0.3) is 0 Å². The lowest BCUT2D eigenvalue weighted by Crippen LogP contribution is -2.47. The fourth-order valence-corrected chi connectivity index (χ4v) is 3.74. The Labute approximate surface area is 188 Å². The number of guanidine groups is 1. The molecule has 28 heavy (non-hydrogen) atoms. The second-order valence-electron chi connectivity index (χ2n) is 8.30. The molecule has 1 saturated heterocycles. The van der Waals surface area contributed by atoms with Crippen LogP contribution in [0.4, 0.5) is 0 Å². The Balaban J connectivity index is 0.00000392. The molecule has 160 valence electrons. The number of methoxy groups -OCH3 is 1. The highest BCUT2D eigenvalue weighted by molar-refractivity contribution is 14.0. The highest BCUT2D eigenvalue weighted by Gasteiger charge is 2.35. The first-order valence-corrected chi connectivity index (χ1v) is 10.2. The van der Waals surface area contributed by atoms with Crippen LogP contribution in [0.5, 0.6) is 0 Å². The van der Waals surface area contributed by atoms with Gasteiger partial charge in [-0.3, -0.25) is 4.99 Å². The molecule has 0 saturated carbocycles. The summed E-state index contributed by atoms with van der Waals surface area (Å²) in [6.07, 6.45) is 2.56. The third-order valence-corrected chi connectivity index (χ3v) is 5.05. The minimum absolute atomic E-state index is 0. The van der Waals surface area contributed by atoms with Crippen LogP contribution in [0.1, 0.15) is 52.2 Å². The van der Waals surface area contributed by atoms with Crippen molar-refractivity contribution in [3.05, 3.63) is 35.9 Å². The molecule has 1 aliphatic rings. The molecule has 1 aliphatic heterocycles. The Morgan fingerprint density at radius 3 is 2.57 bits per heavy atom. The highest BCUT2D eigenvalue weighted by Crippen LogP contribution is 2.33. The van der Waals surface area contributed by atoms with Crippen LogP contribution in [0.15, 0.2) is 35.3 Å². The van der Waals surface area contributed by atoms with Crippen molar-refractivity contribution in [3.8, 4) is 0 Å². The molecule has 5 nitrogen and oxygen atoms in total. The SMILES string of the molecule is CCNC(=NCC(OC)c1ccccc1)NCC1CCCOC1C(C)(C)C.I. The third-order valence-electron chi connectivity index (χ3n) is 5.05. The summed E-state index contributed by atoms with van der Waals surface area (Å²) in [4.78, 5) is 4.76. The monoisotopic (exact) mass is 503 g/mol. The van der Waals surface area contributed by atoms with Gasteiger partial charge in [-0.1, -0.05) is 51.1 Å². The number of halogens is 1. The predicted molar refractivity (Wildman–Crippen MR) is 128 cm³/mol. The largest absolute Gasteiger partial charge is 0.377 e. The first-order chi connectivity index (χ1) is 13.0. The van der Waals surface area contributed by atoms with E-state index in [1.54, 1.807) is 7.11 Å². The van der Waals surface area contributed by atoms with Crippen molar-refractivity contribution in [2.24, 2.45) is 16.3 Å². The van der Waals surface area contributed by atoms with E-state index in [2.05, 4.69) is 50.5 Å². The molecule has 3 atom stereocenters.